The Morgan fingerprint density at radius 3 is 1.12 bits per heavy atom. The first-order valence-corrected chi connectivity index (χ1v) is 19.2. The lowest BCUT2D eigenvalue weighted by Crippen LogP contribution is -2.32. The average Bonchev–Trinajstić information content (AvgIpc) is 2.97. The molecular formula is C41H53Br2N3O3. The first-order chi connectivity index (χ1) is 23.1. The highest BCUT2D eigenvalue weighted by atomic mass is 79.9. The molecule has 3 amide bonds. The van der Waals surface area contributed by atoms with E-state index in [1.807, 2.05) is 14.7 Å². The third-order valence-corrected chi connectivity index (χ3v) is 9.55. The summed E-state index contributed by atoms with van der Waals surface area (Å²) in [4.78, 5) is 47.1. The molecule has 0 unspecified atom stereocenters. The van der Waals surface area contributed by atoms with E-state index in [0.717, 1.165) is 54.3 Å². The summed E-state index contributed by atoms with van der Waals surface area (Å²) in [5.74, 6) is 1.21. The smallest absolute Gasteiger partial charge is 0.223 e. The second-order valence-electron chi connectivity index (χ2n) is 15.1. The number of rotatable bonds is 7. The monoisotopic (exact) mass is 793 g/mol. The summed E-state index contributed by atoms with van der Waals surface area (Å²) in [6, 6.07) is 19.0. The highest BCUT2D eigenvalue weighted by Crippen LogP contribution is 2.26. The van der Waals surface area contributed by atoms with Crippen molar-refractivity contribution in [3.63, 3.8) is 0 Å². The molecule has 0 saturated carbocycles. The van der Waals surface area contributed by atoms with Gasteiger partial charge in [-0.3, -0.25) is 14.4 Å². The number of carbonyl (C=O) groups is 3. The fraction of sp³-hybridized carbons (Fsp3) is 0.488. The molecule has 0 aliphatic carbocycles. The average molecular weight is 796 g/mol. The van der Waals surface area contributed by atoms with Crippen LogP contribution in [0.15, 0.2) is 63.5 Å². The molecule has 8 heteroatoms. The Hall–Kier alpha value is -2.97. The minimum atomic E-state index is 0.0977. The molecule has 0 atom stereocenters. The van der Waals surface area contributed by atoms with Gasteiger partial charge < -0.3 is 14.7 Å². The lowest BCUT2D eigenvalue weighted by molar-refractivity contribution is -0.134. The molecule has 264 valence electrons. The van der Waals surface area contributed by atoms with Crippen LogP contribution >= 0.6 is 31.9 Å². The molecule has 1 aliphatic rings. The Morgan fingerprint density at radius 2 is 0.816 bits per heavy atom. The Morgan fingerprint density at radius 1 is 0.510 bits per heavy atom. The van der Waals surface area contributed by atoms with Crippen LogP contribution in [0.3, 0.4) is 0 Å². The summed E-state index contributed by atoms with van der Waals surface area (Å²) >= 11 is 7.46. The molecular weight excluding hydrogens is 742 g/mol. The normalized spacial score (nSPS) is 14.3. The number of carbonyl (C=O) groups excluding carboxylic acids is 3. The molecule has 0 radical (unpaired) electrons. The highest BCUT2D eigenvalue weighted by molar-refractivity contribution is 9.10. The van der Waals surface area contributed by atoms with Gasteiger partial charge in [0.1, 0.15) is 0 Å². The van der Waals surface area contributed by atoms with Gasteiger partial charge in [0.2, 0.25) is 17.7 Å². The van der Waals surface area contributed by atoms with Gasteiger partial charge in [-0.05, 0) is 88.7 Å². The molecule has 1 aliphatic heterocycles. The maximum Gasteiger partial charge on any atom is 0.223 e. The lowest BCUT2D eigenvalue weighted by Gasteiger charge is -2.28. The number of fused-ring (bicyclic) bond motifs is 6. The molecule has 0 fully saturated rings. The van der Waals surface area contributed by atoms with Gasteiger partial charge in [0.15, 0.2) is 0 Å². The third-order valence-electron chi connectivity index (χ3n) is 8.63. The molecule has 49 heavy (non-hydrogen) atoms. The van der Waals surface area contributed by atoms with Crippen molar-refractivity contribution in [1.29, 1.82) is 0 Å². The summed E-state index contributed by atoms with van der Waals surface area (Å²) in [7, 11) is 0. The van der Waals surface area contributed by atoms with E-state index in [4.69, 9.17) is 0 Å². The lowest BCUT2D eigenvalue weighted by atomic mass is 10.0. The van der Waals surface area contributed by atoms with E-state index < -0.39 is 0 Å². The standard InChI is InChI=1S/C41H53Br2N3O3/c1-27(2)8-9-39(47)44-21-31-12-30(7)13-32(14-31)22-45(40(48)10-28(3)4)24-35-16-36(20-38(43)19-35)26-46(41(49)11-29(5)6)25-34-15-33(23-44)17-37(42)18-34/h12-20,27-29H,8-11,21-26H2,1-7H3. The molecule has 0 aromatic heterocycles. The van der Waals surface area contributed by atoms with E-state index in [-0.39, 0.29) is 29.6 Å². The number of hydrogen-bond acceptors (Lipinski definition) is 3. The highest BCUT2D eigenvalue weighted by Gasteiger charge is 2.22. The van der Waals surface area contributed by atoms with Gasteiger partial charge in [0.05, 0.1) is 0 Å². The third kappa shape index (κ3) is 12.4. The van der Waals surface area contributed by atoms with Crippen LogP contribution in [0.2, 0.25) is 0 Å². The zero-order chi connectivity index (χ0) is 35.8. The number of halogens is 2. The molecule has 1 heterocycles. The van der Waals surface area contributed by atoms with Crippen molar-refractivity contribution in [2.45, 2.75) is 113 Å². The van der Waals surface area contributed by atoms with E-state index in [1.54, 1.807) is 0 Å². The van der Waals surface area contributed by atoms with Crippen molar-refractivity contribution >= 4 is 49.6 Å². The summed E-state index contributed by atoms with van der Waals surface area (Å²) in [5, 5.41) is 0. The minimum Gasteiger partial charge on any atom is -0.334 e. The molecule has 0 saturated heterocycles. The van der Waals surface area contributed by atoms with Crippen molar-refractivity contribution in [2.75, 3.05) is 0 Å². The maximum atomic E-state index is 13.8. The molecule has 0 N–H and O–H groups in total. The largest absolute Gasteiger partial charge is 0.334 e. The van der Waals surface area contributed by atoms with Gasteiger partial charge in [0, 0.05) is 67.5 Å². The van der Waals surface area contributed by atoms with Gasteiger partial charge >= 0.3 is 0 Å². The Bertz CT molecular complexity index is 1530. The molecule has 3 aromatic carbocycles. The van der Waals surface area contributed by atoms with Crippen molar-refractivity contribution in [3.8, 4) is 0 Å². The zero-order valence-electron chi connectivity index (χ0n) is 30.3. The van der Waals surface area contributed by atoms with Crippen molar-refractivity contribution in [3.05, 3.63) is 102 Å². The summed E-state index contributed by atoms with van der Waals surface area (Å²) in [6.45, 7) is 17.4. The fourth-order valence-corrected chi connectivity index (χ4v) is 7.65. The Labute approximate surface area is 310 Å². The van der Waals surface area contributed by atoms with E-state index >= 15 is 0 Å². The quantitative estimate of drug-likeness (QED) is 0.239. The SMILES string of the molecule is Cc1cc2cc(c1)CN(C(=O)CC(C)C)Cc1cc(Br)cc(c1)CN(C(=O)CC(C)C)Cc1cc(Br)cc(c1)CN(C(=O)CCC(C)C)C2. The van der Waals surface area contributed by atoms with E-state index in [9.17, 15) is 14.4 Å². The Kier molecular flexibility index (Phi) is 14.1. The van der Waals surface area contributed by atoms with Crippen LogP contribution in [0, 0.1) is 24.7 Å². The van der Waals surface area contributed by atoms with Crippen LogP contribution < -0.4 is 0 Å². The topological polar surface area (TPSA) is 60.9 Å². The zero-order valence-corrected chi connectivity index (χ0v) is 33.5. The number of aryl methyl sites for hydroxylation is 1. The van der Waals surface area contributed by atoms with E-state index in [1.165, 1.54) is 0 Å². The number of nitrogens with zero attached hydrogens (tertiary/aromatic N) is 3. The first kappa shape index (κ1) is 38.8. The molecule has 4 rings (SSSR count). The van der Waals surface area contributed by atoms with Crippen LogP contribution in [-0.4, -0.2) is 32.4 Å². The van der Waals surface area contributed by atoms with Gasteiger partial charge in [-0.1, -0.05) is 109 Å². The predicted octanol–water partition coefficient (Wildman–Crippen LogP) is 9.95. The number of benzene rings is 3. The van der Waals surface area contributed by atoms with Gasteiger partial charge in [0.25, 0.3) is 0 Å². The van der Waals surface area contributed by atoms with Crippen LogP contribution in [0.1, 0.15) is 106 Å². The molecule has 3 aromatic rings. The predicted molar refractivity (Wildman–Crippen MR) is 205 cm³/mol. The van der Waals surface area contributed by atoms with Gasteiger partial charge in [-0.15, -0.1) is 0 Å². The summed E-state index contributed by atoms with van der Waals surface area (Å²) < 4.78 is 1.85. The van der Waals surface area contributed by atoms with E-state index in [2.05, 4.69) is 135 Å². The molecule has 6 nitrogen and oxygen atoms in total. The van der Waals surface area contributed by atoms with E-state index in [0.29, 0.717) is 64.4 Å². The van der Waals surface area contributed by atoms with Crippen LogP contribution in [0.5, 0.6) is 0 Å². The number of amides is 3. The van der Waals surface area contributed by atoms with Gasteiger partial charge in [-0.2, -0.15) is 0 Å². The summed E-state index contributed by atoms with van der Waals surface area (Å²) in [5.41, 5.74) is 7.25. The van der Waals surface area contributed by atoms with Crippen molar-refractivity contribution < 1.29 is 14.4 Å². The van der Waals surface area contributed by atoms with Crippen LogP contribution in [0.4, 0.5) is 0 Å². The summed E-state index contributed by atoms with van der Waals surface area (Å²) in [6.07, 6.45) is 2.23. The minimum absolute atomic E-state index is 0.0977. The molecule has 0 spiro atoms. The Balaban J connectivity index is 1.85. The van der Waals surface area contributed by atoms with Crippen molar-refractivity contribution in [2.24, 2.45) is 17.8 Å². The first-order valence-electron chi connectivity index (χ1n) is 17.6. The second-order valence-corrected chi connectivity index (χ2v) is 17.0. The second kappa shape index (κ2) is 17.8. The van der Waals surface area contributed by atoms with Crippen LogP contribution in [0.25, 0.3) is 0 Å². The van der Waals surface area contributed by atoms with Gasteiger partial charge in [-0.25, -0.2) is 0 Å². The fourth-order valence-electron chi connectivity index (χ4n) is 6.48. The molecule has 6 bridgehead atoms. The van der Waals surface area contributed by atoms with Crippen LogP contribution in [-0.2, 0) is 53.7 Å². The number of hydrogen-bond donors (Lipinski definition) is 0. The maximum absolute atomic E-state index is 13.8. The van der Waals surface area contributed by atoms with Crippen molar-refractivity contribution in [1.82, 2.24) is 14.7 Å².